The minimum Gasteiger partial charge on any atom is -0.397 e. The summed E-state index contributed by atoms with van der Waals surface area (Å²) in [6.07, 6.45) is 0.342. The lowest BCUT2D eigenvalue weighted by Gasteiger charge is -2.19. The predicted molar refractivity (Wildman–Crippen MR) is 74.9 cm³/mol. The highest BCUT2D eigenvalue weighted by atomic mass is 35.5. The Labute approximate surface area is 114 Å². The molecule has 2 N–H and O–H groups in total. The molecule has 1 aromatic rings. The van der Waals surface area contributed by atoms with E-state index in [4.69, 9.17) is 17.3 Å². The van der Waals surface area contributed by atoms with Crippen LogP contribution in [0.1, 0.15) is 13.3 Å². The second-order valence-corrected chi connectivity index (χ2v) is 6.00. The first kappa shape index (κ1) is 13.2. The topological polar surface area (TPSA) is 63.4 Å². The molecule has 1 aromatic carbocycles. The largest absolute Gasteiger partial charge is 0.397 e. The second-order valence-electron chi connectivity index (χ2n) is 4.12. The molecule has 96 valence electrons. The molecule has 1 aliphatic heterocycles. The number of rotatable bonds is 2. The van der Waals surface area contributed by atoms with E-state index in [0.29, 0.717) is 29.4 Å². The summed E-state index contributed by atoms with van der Waals surface area (Å²) < 4.78 is 0. The van der Waals surface area contributed by atoms with E-state index in [-0.39, 0.29) is 16.3 Å². The average molecular weight is 285 g/mol. The van der Waals surface area contributed by atoms with Crippen LogP contribution >= 0.6 is 23.4 Å². The molecule has 1 heterocycles. The quantitative estimate of drug-likeness (QED) is 0.847. The van der Waals surface area contributed by atoms with Gasteiger partial charge in [0.05, 0.1) is 16.4 Å². The Hall–Kier alpha value is -1.20. The highest BCUT2D eigenvalue weighted by Gasteiger charge is 2.33. The van der Waals surface area contributed by atoms with E-state index in [9.17, 15) is 9.59 Å². The Morgan fingerprint density at radius 1 is 1.56 bits per heavy atom. The molecule has 0 bridgehead atoms. The van der Waals surface area contributed by atoms with Gasteiger partial charge in [-0.3, -0.25) is 9.59 Å². The molecular formula is C12H13ClN2O2S. The number of nitrogen functional groups attached to an aromatic ring is 1. The first-order valence-electron chi connectivity index (χ1n) is 5.50. The molecule has 2 rings (SSSR count). The molecule has 0 aromatic heterocycles. The summed E-state index contributed by atoms with van der Waals surface area (Å²) in [6, 6.07) is 5.15. The van der Waals surface area contributed by atoms with E-state index in [1.165, 1.54) is 18.7 Å². The predicted octanol–water partition coefficient (Wildman–Crippen LogP) is 2.31. The number of carbonyl (C=O) groups is 2. The number of thioether (sulfide) groups is 1. The van der Waals surface area contributed by atoms with Gasteiger partial charge in [-0.15, -0.1) is 0 Å². The van der Waals surface area contributed by atoms with E-state index in [1.54, 1.807) is 23.1 Å². The number of carbonyl (C=O) groups excluding carboxylic acids is 2. The van der Waals surface area contributed by atoms with Gasteiger partial charge >= 0.3 is 0 Å². The summed E-state index contributed by atoms with van der Waals surface area (Å²) in [5, 5.41) is 0.448. The van der Waals surface area contributed by atoms with Crippen LogP contribution in [-0.4, -0.2) is 22.8 Å². The zero-order valence-electron chi connectivity index (χ0n) is 9.85. The third-order valence-electron chi connectivity index (χ3n) is 2.71. The van der Waals surface area contributed by atoms with Gasteiger partial charge in [-0.2, -0.15) is 0 Å². The maximum atomic E-state index is 12.0. The summed E-state index contributed by atoms with van der Waals surface area (Å²) in [7, 11) is 0. The minimum absolute atomic E-state index is 0.0155. The number of nitrogens with two attached hydrogens (primary N) is 1. The van der Waals surface area contributed by atoms with Crippen molar-refractivity contribution < 1.29 is 9.59 Å². The van der Waals surface area contributed by atoms with Gasteiger partial charge in [-0.25, -0.2) is 0 Å². The standard InChI is InChI=1S/C12H13ClN2O2S/c1-7(16)18-8-5-11(17)15(6-8)12-9(13)3-2-4-10(12)14/h2-4,8H,5-6,14H2,1H3. The van der Waals surface area contributed by atoms with Gasteiger partial charge in [-0.1, -0.05) is 29.4 Å². The summed E-state index contributed by atoms with van der Waals surface area (Å²) in [5.41, 5.74) is 6.89. The Morgan fingerprint density at radius 2 is 2.28 bits per heavy atom. The van der Waals surface area contributed by atoms with Crippen LogP contribution in [0.4, 0.5) is 11.4 Å². The zero-order chi connectivity index (χ0) is 13.3. The minimum atomic E-state index is -0.0476. The van der Waals surface area contributed by atoms with Crippen LogP contribution in [0.25, 0.3) is 0 Å². The van der Waals surface area contributed by atoms with Crippen molar-refractivity contribution in [3.05, 3.63) is 23.2 Å². The molecule has 1 fully saturated rings. The van der Waals surface area contributed by atoms with Crippen molar-refractivity contribution in [3.63, 3.8) is 0 Å². The van der Waals surface area contributed by atoms with E-state index in [2.05, 4.69) is 0 Å². The van der Waals surface area contributed by atoms with Crippen molar-refractivity contribution in [2.75, 3.05) is 17.2 Å². The van der Waals surface area contributed by atoms with Gasteiger partial charge in [0.25, 0.3) is 0 Å². The molecule has 1 aliphatic rings. The van der Waals surface area contributed by atoms with Crippen molar-refractivity contribution in [2.24, 2.45) is 0 Å². The maximum absolute atomic E-state index is 12.0. The summed E-state index contributed by atoms with van der Waals surface area (Å²) >= 11 is 7.27. The molecule has 0 radical (unpaired) electrons. The van der Waals surface area contributed by atoms with Gasteiger partial charge < -0.3 is 10.6 Å². The third kappa shape index (κ3) is 2.62. The normalized spacial score (nSPS) is 19.3. The average Bonchev–Trinajstić information content (AvgIpc) is 2.58. The van der Waals surface area contributed by atoms with E-state index >= 15 is 0 Å². The number of amides is 1. The van der Waals surface area contributed by atoms with E-state index < -0.39 is 0 Å². The number of para-hydroxylation sites is 1. The number of hydrogen-bond donors (Lipinski definition) is 1. The lowest BCUT2D eigenvalue weighted by atomic mass is 10.2. The molecule has 0 saturated carbocycles. The first-order chi connectivity index (χ1) is 8.49. The van der Waals surface area contributed by atoms with Crippen LogP contribution < -0.4 is 10.6 Å². The number of benzene rings is 1. The lowest BCUT2D eigenvalue weighted by Crippen LogP contribution is -2.26. The Kier molecular flexibility index (Phi) is 3.82. The Morgan fingerprint density at radius 3 is 2.89 bits per heavy atom. The molecule has 1 saturated heterocycles. The molecule has 18 heavy (non-hydrogen) atoms. The van der Waals surface area contributed by atoms with Gasteiger partial charge in [0.15, 0.2) is 5.12 Å². The number of halogens is 1. The van der Waals surface area contributed by atoms with E-state index in [0.717, 1.165) is 0 Å². The molecule has 0 aliphatic carbocycles. The van der Waals surface area contributed by atoms with Crippen molar-refractivity contribution in [1.29, 1.82) is 0 Å². The SMILES string of the molecule is CC(=O)SC1CC(=O)N(c2c(N)cccc2Cl)C1. The molecule has 0 spiro atoms. The summed E-state index contributed by atoms with van der Waals surface area (Å²) in [5.74, 6) is -0.0476. The van der Waals surface area contributed by atoms with Crippen LogP contribution in [0.15, 0.2) is 18.2 Å². The Balaban J connectivity index is 2.24. The van der Waals surface area contributed by atoms with E-state index in [1.807, 2.05) is 0 Å². The number of hydrogen-bond acceptors (Lipinski definition) is 4. The van der Waals surface area contributed by atoms with Gasteiger partial charge in [0.2, 0.25) is 5.91 Å². The van der Waals surface area contributed by atoms with Crippen LogP contribution in [0.5, 0.6) is 0 Å². The van der Waals surface area contributed by atoms with Crippen LogP contribution in [0, 0.1) is 0 Å². The Bertz CT molecular complexity index is 487. The van der Waals surface area contributed by atoms with Crippen LogP contribution in [0.2, 0.25) is 5.02 Å². The second kappa shape index (κ2) is 5.20. The molecule has 1 amide bonds. The zero-order valence-corrected chi connectivity index (χ0v) is 11.4. The summed E-state index contributed by atoms with van der Waals surface area (Å²) in [6.45, 7) is 1.97. The molecule has 1 unspecified atom stereocenters. The molecular weight excluding hydrogens is 272 g/mol. The van der Waals surface area contributed by atoms with Crippen molar-refractivity contribution in [1.82, 2.24) is 0 Å². The fourth-order valence-electron chi connectivity index (χ4n) is 2.02. The first-order valence-corrected chi connectivity index (χ1v) is 6.76. The lowest BCUT2D eigenvalue weighted by molar-refractivity contribution is -0.117. The van der Waals surface area contributed by atoms with Crippen LogP contribution in [0.3, 0.4) is 0 Å². The maximum Gasteiger partial charge on any atom is 0.228 e. The van der Waals surface area contributed by atoms with Crippen LogP contribution in [-0.2, 0) is 9.59 Å². The summed E-state index contributed by atoms with van der Waals surface area (Å²) in [4.78, 5) is 24.6. The van der Waals surface area contributed by atoms with Crippen molar-refractivity contribution in [3.8, 4) is 0 Å². The molecule has 1 atom stereocenters. The third-order valence-corrected chi connectivity index (χ3v) is 4.00. The van der Waals surface area contributed by atoms with Crippen molar-refractivity contribution >= 4 is 45.8 Å². The van der Waals surface area contributed by atoms with Crippen molar-refractivity contribution in [2.45, 2.75) is 18.6 Å². The fourth-order valence-corrected chi connectivity index (χ4v) is 3.22. The number of anilines is 2. The monoisotopic (exact) mass is 284 g/mol. The fraction of sp³-hybridized carbons (Fsp3) is 0.333. The highest BCUT2D eigenvalue weighted by Crippen LogP contribution is 2.36. The van der Waals surface area contributed by atoms with Gasteiger partial charge in [-0.05, 0) is 12.1 Å². The van der Waals surface area contributed by atoms with Gasteiger partial charge in [0, 0.05) is 25.1 Å². The molecule has 6 heteroatoms. The smallest absolute Gasteiger partial charge is 0.228 e. The molecule has 4 nitrogen and oxygen atoms in total. The number of nitrogens with zero attached hydrogens (tertiary/aromatic N) is 1. The van der Waals surface area contributed by atoms with Gasteiger partial charge in [0.1, 0.15) is 0 Å². The highest BCUT2D eigenvalue weighted by molar-refractivity contribution is 8.14.